The van der Waals surface area contributed by atoms with E-state index in [0.29, 0.717) is 33.5 Å². The van der Waals surface area contributed by atoms with Crippen molar-refractivity contribution in [1.82, 2.24) is 0 Å². The van der Waals surface area contributed by atoms with Crippen molar-refractivity contribution in [2.24, 2.45) is 0 Å². The molecule has 0 radical (unpaired) electrons. The van der Waals surface area contributed by atoms with Gasteiger partial charge in [-0.3, -0.25) is 0 Å². The van der Waals surface area contributed by atoms with Crippen LogP contribution in [0.15, 0.2) is 153 Å². The van der Waals surface area contributed by atoms with Gasteiger partial charge in [-0.1, -0.05) is 84.9 Å². The van der Waals surface area contributed by atoms with Gasteiger partial charge in [-0.2, -0.15) is 0 Å². The number of para-hydroxylation sites is 4. The molecule has 0 spiro atoms. The minimum Gasteiger partial charge on any atom is -0.307 e. The number of benzene rings is 6. The number of sulfone groups is 2. The number of hydrogen-bond donors (Lipinski definition) is 0. The third-order valence-corrected chi connectivity index (χ3v) is 11.6. The lowest BCUT2D eigenvalue weighted by Gasteiger charge is -2.40. The molecule has 8 heteroatoms. The summed E-state index contributed by atoms with van der Waals surface area (Å²) < 4.78 is 58.8. The summed E-state index contributed by atoms with van der Waals surface area (Å²) >= 11 is 0. The first-order chi connectivity index (χ1) is 20.4. The largest absolute Gasteiger partial charge is 0.307 e. The van der Waals surface area contributed by atoms with Crippen molar-refractivity contribution >= 4 is 64.6 Å². The number of nitrogens with zero attached hydrogens (tertiary/aromatic N) is 2. The second-order valence-electron chi connectivity index (χ2n) is 10.2. The molecule has 0 atom stereocenters. The van der Waals surface area contributed by atoms with Gasteiger partial charge >= 0.3 is 0 Å². The highest BCUT2D eigenvalue weighted by Crippen LogP contribution is 2.60. The van der Waals surface area contributed by atoms with Gasteiger partial charge in [-0.05, 0) is 48.5 Å². The van der Waals surface area contributed by atoms with Crippen LogP contribution < -0.4 is 9.80 Å². The summed E-state index contributed by atoms with van der Waals surface area (Å²) in [4.78, 5) is 3.90. The van der Waals surface area contributed by atoms with E-state index in [1.165, 1.54) is 0 Å². The Morgan fingerprint density at radius 3 is 1.33 bits per heavy atom. The molecule has 0 bridgehead atoms. The first-order valence-electron chi connectivity index (χ1n) is 13.4. The Morgan fingerprint density at radius 1 is 0.381 bits per heavy atom. The zero-order chi connectivity index (χ0) is 28.6. The molecule has 42 heavy (non-hydrogen) atoms. The number of anilines is 6. The van der Waals surface area contributed by atoms with Gasteiger partial charge in [-0.25, -0.2) is 16.8 Å². The van der Waals surface area contributed by atoms with E-state index in [9.17, 15) is 16.8 Å². The highest BCUT2D eigenvalue weighted by molar-refractivity contribution is 7.93. The fraction of sp³-hybridized carbons (Fsp3) is 0. The van der Waals surface area contributed by atoms with E-state index >= 15 is 0 Å². The van der Waals surface area contributed by atoms with Crippen molar-refractivity contribution < 1.29 is 16.8 Å². The van der Waals surface area contributed by atoms with E-state index in [-0.39, 0.29) is 25.3 Å². The van der Waals surface area contributed by atoms with Gasteiger partial charge in [0.25, 0.3) is 0 Å². The molecule has 0 saturated heterocycles. The van der Waals surface area contributed by atoms with Gasteiger partial charge in [0, 0.05) is 22.1 Å². The second-order valence-corrected chi connectivity index (χ2v) is 13.9. The van der Waals surface area contributed by atoms with Gasteiger partial charge in [-0.15, -0.1) is 0 Å². The van der Waals surface area contributed by atoms with Crippen molar-refractivity contribution in [1.29, 1.82) is 0 Å². The molecular weight excluding hydrogens is 565 g/mol. The second kappa shape index (κ2) is 8.79. The Morgan fingerprint density at radius 2 is 0.786 bits per heavy atom. The fourth-order valence-corrected chi connectivity index (χ4v) is 9.90. The molecule has 2 aliphatic rings. The normalized spacial score (nSPS) is 15.8. The topological polar surface area (TPSA) is 74.8 Å². The third kappa shape index (κ3) is 3.24. The molecule has 0 saturated carbocycles. The van der Waals surface area contributed by atoms with Crippen LogP contribution in [-0.4, -0.2) is 16.8 Å². The number of rotatable bonds is 2. The average Bonchev–Trinajstić information content (AvgIpc) is 3.02. The average molecular weight is 587 g/mol. The zero-order valence-corrected chi connectivity index (χ0v) is 23.7. The highest BCUT2D eigenvalue weighted by atomic mass is 32.2. The first-order valence-corrected chi connectivity index (χ1v) is 16.3. The molecule has 8 rings (SSSR count). The molecule has 0 unspecified atom stereocenters. The van der Waals surface area contributed by atoms with Crippen LogP contribution in [0.25, 0.3) is 10.8 Å². The van der Waals surface area contributed by atoms with Gasteiger partial charge in [0.05, 0.1) is 32.5 Å². The standard InChI is InChI=1S/C34H22N2O4S2/c37-41(38)29-21-11-10-20-28(29)36(24-15-5-2-6-16-24)32-33(41)26-18-8-7-17-25(26)31-34(32)42(39,40)30-22-12-9-19-27(30)35(31)23-13-3-1-4-14-23/h1-22H. The minimum atomic E-state index is -4.22. The molecule has 0 N–H and O–H groups in total. The third-order valence-electron chi connectivity index (χ3n) is 7.88. The highest BCUT2D eigenvalue weighted by Gasteiger charge is 2.46. The molecular formula is C34H22N2O4S2. The predicted molar refractivity (Wildman–Crippen MR) is 164 cm³/mol. The van der Waals surface area contributed by atoms with Crippen molar-refractivity contribution in [3.8, 4) is 0 Å². The van der Waals surface area contributed by atoms with Crippen LogP contribution in [0.1, 0.15) is 0 Å². The maximum absolute atomic E-state index is 14.8. The summed E-state index contributed by atoms with van der Waals surface area (Å²) in [6.07, 6.45) is 0. The Kier molecular flexibility index (Phi) is 5.20. The van der Waals surface area contributed by atoms with E-state index < -0.39 is 19.7 Å². The Balaban J connectivity index is 1.65. The molecule has 6 aromatic rings. The maximum atomic E-state index is 14.8. The number of fused-ring (bicyclic) bond motifs is 8. The molecule has 0 fully saturated rings. The van der Waals surface area contributed by atoms with Crippen LogP contribution >= 0.6 is 0 Å². The van der Waals surface area contributed by atoms with E-state index in [1.54, 1.807) is 65.6 Å². The summed E-state index contributed by atoms with van der Waals surface area (Å²) in [5.74, 6) is 0. The maximum Gasteiger partial charge on any atom is 0.212 e. The van der Waals surface area contributed by atoms with E-state index in [1.807, 2.05) is 77.7 Å². The summed E-state index contributed by atoms with van der Waals surface area (Å²) in [7, 11) is -8.35. The minimum absolute atomic E-state index is 0.0182. The Bertz CT molecular complexity index is 2290. The van der Waals surface area contributed by atoms with Crippen LogP contribution in [0.3, 0.4) is 0 Å². The van der Waals surface area contributed by atoms with Crippen molar-refractivity contribution in [2.75, 3.05) is 9.80 Å². The molecule has 0 amide bonds. The van der Waals surface area contributed by atoms with Crippen molar-refractivity contribution in [2.45, 2.75) is 19.6 Å². The molecule has 2 aliphatic heterocycles. The summed E-state index contributed by atoms with van der Waals surface area (Å²) in [6, 6.07) is 39.7. The lowest BCUT2D eigenvalue weighted by molar-refractivity contribution is 0.593. The van der Waals surface area contributed by atoms with E-state index in [4.69, 9.17) is 0 Å². The van der Waals surface area contributed by atoms with E-state index in [0.717, 1.165) is 5.69 Å². The smallest absolute Gasteiger partial charge is 0.212 e. The van der Waals surface area contributed by atoms with Crippen LogP contribution in [0.5, 0.6) is 0 Å². The molecule has 6 nitrogen and oxygen atoms in total. The quantitative estimate of drug-likeness (QED) is 0.204. The lowest BCUT2D eigenvalue weighted by Crippen LogP contribution is -2.29. The first kappa shape index (κ1) is 24.8. The summed E-state index contributed by atoms with van der Waals surface area (Å²) in [6.45, 7) is 0. The molecule has 0 aromatic heterocycles. The molecule has 0 aliphatic carbocycles. The van der Waals surface area contributed by atoms with Crippen LogP contribution in [0.2, 0.25) is 0 Å². The Labute approximate surface area is 243 Å². The van der Waals surface area contributed by atoms with Gasteiger partial charge in [0.2, 0.25) is 19.7 Å². The van der Waals surface area contributed by atoms with Crippen LogP contribution in [0.4, 0.5) is 34.1 Å². The van der Waals surface area contributed by atoms with Crippen LogP contribution in [0, 0.1) is 0 Å². The van der Waals surface area contributed by atoms with Crippen molar-refractivity contribution in [3.63, 3.8) is 0 Å². The predicted octanol–water partition coefficient (Wildman–Crippen LogP) is 8.07. The lowest BCUT2D eigenvalue weighted by atomic mass is 10.0. The van der Waals surface area contributed by atoms with Gasteiger partial charge in [0.1, 0.15) is 9.79 Å². The number of hydrogen-bond acceptors (Lipinski definition) is 6. The fourth-order valence-electron chi connectivity index (χ4n) is 6.19. The SMILES string of the molecule is O=S1(=O)c2ccccc2N(c2ccccc2)c2c1c1c(c3ccccc23)S(=O)(=O)c2ccccc2N1c1ccccc1. The Hall–Kier alpha value is -4.92. The zero-order valence-electron chi connectivity index (χ0n) is 22.0. The molecule has 6 aromatic carbocycles. The summed E-state index contributed by atoms with van der Waals surface area (Å²) in [5.41, 5.74) is 2.87. The van der Waals surface area contributed by atoms with Crippen molar-refractivity contribution in [3.05, 3.63) is 133 Å². The van der Waals surface area contributed by atoms with Crippen LogP contribution in [-0.2, 0) is 19.7 Å². The summed E-state index contributed by atoms with van der Waals surface area (Å²) in [5, 5.41) is 0.987. The molecule has 204 valence electrons. The monoisotopic (exact) mass is 586 g/mol. The van der Waals surface area contributed by atoms with Gasteiger partial charge < -0.3 is 9.80 Å². The van der Waals surface area contributed by atoms with E-state index in [2.05, 4.69) is 0 Å². The molecule has 2 heterocycles. The van der Waals surface area contributed by atoms with Gasteiger partial charge in [0.15, 0.2) is 0 Å².